The predicted molar refractivity (Wildman–Crippen MR) is 72.2 cm³/mol. The lowest BCUT2D eigenvalue weighted by atomic mass is 10.1. The number of hydrogen-bond acceptors (Lipinski definition) is 3. The van der Waals surface area contributed by atoms with Gasteiger partial charge in [-0.3, -0.25) is 0 Å². The zero-order valence-corrected chi connectivity index (χ0v) is 11.4. The quantitative estimate of drug-likeness (QED) is 0.901. The summed E-state index contributed by atoms with van der Waals surface area (Å²) in [4.78, 5) is 2.19. The van der Waals surface area contributed by atoms with Gasteiger partial charge in [-0.1, -0.05) is 0 Å². The molecule has 6 heteroatoms. The second-order valence-corrected chi connectivity index (χ2v) is 5.04. The Morgan fingerprint density at radius 2 is 2.00 bits per heavy atom. The van der Waals surface area contributed by atoms with Gasteiger partial charge in [0.15, 0.2) is 0 Å². The molecule has 0 bridgehead atoms. The molecule has 1 heterocycles. The van der Waals surface area contributed by atoms with Crippen molar-refractivity contribution in [1.29, 1.82) is 0 Å². The van der Waals surface area contributed by atoms with E-state index in [1.54, 1.807) is 7.11 Å². The topological polar surface area (TPSA) is 24.5 Å². The highest BCUT2D eigenvalue weighted by Gasteiger charge is 2.28. The lowest BCUT2D eigenvalue weighted by Gasteiger charge is -2.19. The Bertz CT molecular complexity index is 419. The summed E-state index contributed by atoms with van der Waals surface area (Å²) < 4.78 is 41.3. The molecular formula is C14H19F3N2O. The Hall–Kier alpha value is -1.43. The summed E-state index contributed by atoms with van der Waals surface area (Å²) in [6.45, 7) is 1.17. The Labute approximate surface area is 116 Å². The SMILES string of the molecule is COc1ccc(N2CCC(CNCC(F)(F)F)C2)cc1. The molecule has 1 N–H and O–H groups in total. The average Bonchev–Trinajstić information content (AvgIpc) is 2.86. The number of halogens is 3. The molecule has 0 spiro atoms. The van der Waals surface area contributed by atoms with E-state index in [1.165, 1.54) is 0 Å². The van der Waals surface area contributed by atoms with E-state index in [9.17, 15) is 13.2 Å². The first-order valence-corrected chi connectivity index (χ1v) is 6.64. The van der Waals surface area contributed by atoms with Gasteiger partial charge >= 0.3 is 6.18 Å². The number of alkyl halides is 3. The number of nitrogens with one attached hydrogen (secondary N) is 1. The number of rotatable bonds is 5. The largest absolute Gasteiger partial charge is 0.497 e. The molecule has 1 saturated heterocycles. The van der Waals surface area contributed by atoms with Crippen LogP contribution in [0.1, 0.15) is 6.42 Å². The Morgan fingerprint density at radius 1 is 1.30 bits per heavy atom. The summed E-state index contributed by atoms with van der Waals surface area (Å²) in [5.74, 6) is 1.07. The van der Waals surface area contributed by atoms with Gasteiger partial charge in [-0.2, -0.15) is 13.2 Å². The first-order chi connectivity index (χ1) is 9.48. The molecule has 112 valence electrons. The molecule has 0 amide bonds. The average molecular weight is 288 g/mol. The normalized spacial score (nSPS) is 19.4. The van der Waals surface area contributed by atoms with E-state index in [1.807, 2.05) is 24.3 Å². The van der Waals surface area contributed by atoms with Crippen LogP contribution in [-0.4, -0.2) is 39.5 Å². The van der Waals surface area contributed by atoms with Crippen molar-refractivity contribution in [2.75, 3.05) is 38.2 Å². The van der Waals surface area contributed by atoms with Crippen LogP contribution in [0.5, 0.6) is 5.75 Å². The lowest BCUT2D eigenvalue weighted by Crippen LogP contribution is -2.33. The van der Waals surface area contributed by atoms with Crippen LogP contribution >= 0.6 is 0 Å². The van der Waals surface area contributed by atoms with Crippen LogP contribution in [0, 0.1) is 5.92 Å². The molecule has 1 aromatic rings. The first-order valence-electron chi connectivity index (χ1n) is 6.64. The minimum Gasteiger partial charge on any atom is -0.497 e. The van der Waals surface area contributed by atoms with Crippen LogP contribution in [0.15, 0.2) is 24.3 Å². The third-order valence-corrected chi connectivity index (χ3v) is 3.48. The molecule has 1 atom stereocenters. The van der Waals surface area contributed by atoms with Crippen LogP contribution < -0.4 is 15.0 Å². The zero-order valence-electron chi connectivity index (χ0n) is 11.4. The minimum absolute atomic E-state index is 0.263. The lowest BCUT2D eigenvalue weighted by molar-refractivity contribution is -0.125. The van der Waals surface area contributed by atoms with Crippen molar-refractivity contribution in [2.24, 2.45) is 5.92 Å². The van der Waals surface area contributed by atoms with Crippen molar-refractivity contribution in [2.45, 2.75) is 12.6 Å². The summed E-state index contributed by atoms with van der Waals surface area (Å²) >= 11 is 0. The van der Waals surface area contributed by atoms with E-state index in [4.69, 9.17) is 4.74 Å². The maximum absolute atomic E-state index is 12.1. The van der Waals surface area contributed by atoms with E-state index < -0.39 is 12.7 Å². The monoisotopic (exact) mass is 288 g/mol. The highest BCUT2D eigenvalue weighted by atomic mass is 19.4. The molecule has 1 fully saturated rings. The van der Waals surface area contributed by atoms with Crippen molar-refractivity contribution in [3.8, 4) is 5.75 Å². The van der Waals surface area contributed by atoms with Crippen LogP contribution in [0.2, 0.25) is 0 Å². The van der Waals surface area contributed by atoms with Gasteiger partial charge in [0.2, 0.25) is 0 Å². The molecule has 0 radical (unpaired) electrons. The van der Waals surface area contributed by atoms with Crippen LogP contribution in [-0.2, 0) is 0 Å². The standard InChI is InChI=1S/C14H19F3N2O/c1-20-13-4-2-12(3-5-13)19-7-6-11(9-19)8-18-10-14(15,16)17/h2-5,11,18H,6-10H2,1H3. The van der Waals surface area contributed by atoms with Gasteiger partial charge in [0.25, 0.3) is 0 Å². The molecule has 2 rings (SSSR count). The van der Waals surface area contributed by atoms with Gasteiger partial charge in [0, 0.05) is 25.3 Å². The molecule has 0 saturated carbocycles. The van der Waals surface area contributed by atoms with Gasteiger partial charge in [-0.25, -0.2) is 0 Å². The molecule has 1 unspecified atom stereocenters. The maximum atomic E-state index is 12.1. The van der Waals surface area contributed by atoms with E-state index in [0.29, 0.717) is 6.54 Å². The van der Waals surface area contributed by atoms with Gasteiger partial charge in [-0.05, 0) is 36.6 Å². The predicted octanol–water partition coefficient (Wildman–Crippen LogP) is 2.67. The number of nitrogens with zero attached hydrogens (tertiary/aromatic N) is 1. The van der Waals surface area contributed by atoms with Gasteiger partial charge in [0.05, 0.1) is 13.7 Å². The van der Waals surface area contributed by atoms with Gasteiger partial charge in [-0.15, -0.1) is 0 Å². The fourth-order valence-electron chi connectivity index (χ4n) is 2.44. The van der Waals surface area contributed by atoms with Crippen LogP contribution in [0.3, 0.4) is 0 Å². The summed E-state index contributed by atoms with van der Waals surface area (Å²) in [6, 6.07) is 7.74. The Kier molecular flexibility index (Phi) is 4.75. The van der Waals surface area contributed by atoms with E-state index in [-0.39, 0.29) is 5.92 Å². The van der Waals surface area contributed by atoms with Crippen molar-refractivity contribution >= 4 is 5.69 Å². The number of benzene rings is 1. The summed E-state index contributed by atoms with van der Waals surface area (Å²) in [5.41, 5.74) is 1.09. The number of hydrogen-bond donors (Lipinski definition) is 1. The number of anilines is 1. The first kappa shape index (κ1) is 15.0. The third-order valence-electron chi connectivity index (χ3n) is 3.48. The van der Waals surface area contributed by atoms with Gasteiger partial charge in [0.1, 0.15) is 5.75 Å². The number of ether oxygens (including phenoxy) is 1. The van der Waals surface area contributed by atoms with Crippen molar-refractivity contribution in [3.63, 3.8) is 0 Å². The fraction of sp³-hybridized carbons (Fsp3) is 0.571. The van der Waals surface area contributed by atoms with Crippen molar-refractivity contribution in [1.82, 2.24) is 5.32 Å². The van der Waals surface area contributed by atoms with Crippen molar-refractivity contribution < 1.29 is 17.9 Å². The molecule has 20 heavy (non-hydrogen) atoms. The molecule has 0 aromatic heterocycles. The highest BCUT2D eigenvalue weighted by molar-refractivity contribution is 5.49. The molecule has 0 aliphatic carbocycles. The maximum Gasteiger partial charge on any atom is 0.401 e. The van der Waals surface area contributed by atoms with Crippen LogP contribution in [0.25, 0.3) is 0 Å². The minimum atomic E-state index is -4.13. The second kappa shape index (κ2) is 6.35. The second-order valence-electron chi connectivity index (χ2n) is 5.04. The number of methoxy groups -OCH3 is 1. The zero-order chi connectivity index (χ0) is 14.6. The molecular weight excluding hydrogens is 269 g/mol. The highest BCUT2D eigenvalue weighted by Crippen LogP contribution is 2.25. The molecule has 1 aliphatic heterocycles. The summed E-state index contributed by atoms with van der Waals surface area (Å²) in [7, 11) is 1.62. The fourth-order valence-corrected chi connectivity index (χ4v) is 2.44. The molecule has 1 aliphatic rings. The smallest absolute Gasteiger partial charge is 0.401 e. The molecule has 1 aromatic carbocycles. The van der Waals surface area contributed by atoms with Crippen molar-refractivity contribution in [3.05, 3.63) is 24.3 Å². The Morgan fingerprint density at radius 3 is 2.60 bits per heavy atom. The van der Waals surface area contributed by atoms with E-state index in [2.05, 4.69) is 10.2 Å². The van der Waals surface area contributed by atoms with Gasteiger partial charge < -0.3 is 15.0 Å². The summed E-state index contributed by atoms with van der Waals surface area (Å²) in [5, 5.41) is 2.49. The summed E-state index contributed by atoms with van der Waals surface area (Å²) in [6.07, 6.45) is -3.22. The third kappa shape index (κ3) is 4.30. The Balaban J connectivity index is 1.79. The van der Waals surface area contributed by atoms with E-state index in [0.717, 1.165) is 30.9 Å². The molecule has 3 nitrogen and oxygen atoms in total. The van der Waals surface area contributed by atoms with Crippen LogP contribution in [0.4, 0.5) is 18.9 Å². The van der Waals surface area contributed by atoms with E-state index >= 15 is 0 Å².